The van der Waals surface area contributed by atoms with Crippen molar-refractivity contribution in [3.8, 4) is 0 Å². The molecule has 2 rings (SSSR count). The molecule has 0 aliphatic heterocycles. The smallest absolute Gasteiger partial charge is 0.248 e. The summed E-state index contributed by atoms with van der Waals surface area (Å²) >= 11 is 0. The average molecular weight is 164 g/mol. The first kappa shape index (κ1) is 7.55. The predicted octanol–water partition coefficient (Wildman–Crippen LogP) is 0.365. The second kappa shape index (κ2) is 2.45. The van der Waals surface area contributed by atoms with E-state index in [0.717, 1.165) is 18.5 Å². The Morgan fingerprint density at radius 3 is 2.75 bits per heavy atom. The second-order valence-corrected chi connectivity index (χ2v) is 3.41. The Hall–Kier alpha value is -1.09. The fourth-order valence-electron chi connectivity index (χ4n) is 1.49. The summed E-state index contributed by atoms with van der Waals surface area (Å²) in [6.07, 6.45) is 2.20. The summed E-state index contributed by atoms with van der Waals surface area (Å²) in [5, 5.41) is 0. The molecule has 3 nitrogen and oxygen atoms in total. The Morgan fingerprint density at radius 1 is 1.50 bits per heavy atom. The molecule has 0 saturated heterocycles. The number of aromatic nitrogens is 1. The van der Waals surface area contributed by atoms with E-state index in [1.807, 2.05) is 6.07 Å². The third kappa shape index (κ3) is 1.06. The summed E-state index contributed by atoms with van der Waals surface area (Å²) < 4.78 is 0. The molecule has 1 heterocycles. The molecule has 0 aromatic carbocycles. The Balaban J connectivity index is 2.40. The molecule has 3 heteroatoms. The highest BCUT2D eigenvalue weighted by Gasteiger charge is 2.43. The number of hydrogen-bond acceptors (Lipinski definition) is 2. The van der Waals surface area contributed by atoms with Crippen LogP contribution in [-0.2, 0) is 5.41 Å². The van der Waals surface area contributed by atoms with Crippen LogP contribution in [0.3, 0.4) is 0 Å². The standard InChI is InChI=1S/C9H12N2O/c10-6-9(4-5-9)7-2-1-3-8(12)11-7/h1-3H,4-6,10H2,(H,11,12). The number of nitrogens with one attached hydrogen (secondary N) is 1. The average Bonchev–Trinajstić information content (AvgIpc) is 2.84. The van der Waals surface area contributed by atoms with E-state index in [-0.39, 0.29) is 11.0 Å². The molecule has 0 radical (unpaired) electrons. The fraction of sp³-hybridized carbons (Fsp3) is 0.444. The lowest BCUT2D eigenvalue weighted by Gasteiger charge is -2.10. The van der Waals surface area contributed by atoms with Gasteiger partial charge >= 0.3 is 0 Å². The maximum Gasteiger partial charge on any atom is 0.248 e. The summed E-state index contributed by atoms with van der Waals surface area (Å²) in [6.45, 7) is 0.632. The summed E-state index contributed by atoms with van der Waals surface area (Å²) in [5.74, 6) is 0. The van der Waals surface area contributed by atoms with Crippen molar-refractivity contribution in [2.24, 2.45) is 5.73 Å². The van der Waals surface area contributed by atoms with E-state index in [1.54, 1.807) is 6.07 Å². The van der Waals surface area contributed by atoms with Gasteiger partial charge in [-0.05, 0) is 18.9 Å². The topological polar surface area (TPSA) is 58.9 Å². The summed E-state index contributed by atoms with van der Waals surface area (Å²) in [7, 11) is 0. The first-order valence-electron chi connectivity index (χ1n) is 4.17. The first-order chi connectivity index (χ1) is 5.77. The molecule has 1 aliphatic rings. The Kier molecular flexibility index (Phi) is 1.54. The molecule has 64 valence electrons. The monoisotopic (exact) mass is 164 g/mol. The van der Waals surface area contributed by atoms with E-state index < -0.39 is 0 Å². The molecule has 0 spiro atoms. The van der Waals surface area contributed by atoms with Crippen molar-refractivity contribution in [3.63, 3.8) is 0 Å². The summed E-state index contributed by atoms with van der Waals surface area (Å²) in [5.41, 5.74) is 6.69. The number of H-pyrrole nitrogens is 1. The van der Waals surface area contributed by atoms with Crippen molar-refractivity contribution >= 4 is 0 Å². The predicted molar refractivity (Wildman–Crippen MR) is 47.0 cm³/mol. The van der Waals surface area contributed by atoms with Gasteiger partial charge in [0.05, 0.1) is 0 Å². The van der Waals surface area contributed by atoms with Gasteiger partial charge in [-0.2, -0.15) is 0 Å². The van der Waals surface area contributed by atoms with Crippen LogP contribution in [0, 0.1) is 0 Å². The minimum Gasteiger partial charge on any atom is -0.330 e. The molecule has 1 saturated carbocycles. The lowest BCUT2D eigenvalue weighted by atomic mass is 10.0. The molecule has 1 fully saturated rings. The van der Waals surface area contributed by atoms with Crippen LogP contribution in [0.4, 0.5) is 0 Å². The molecule has 12 heavy (non-hydrogen) atoms. The van der Waals surface area contributed by atoms with E-state index in [4.69, 9.17) is 5.73 Å². The highest BCUT2D eigenvalue weighted by molar-refractivity contribution is 5.24. The van der Waals surface area contributed by atoms with E-state index in [2.05, 4.69) is 4.98 Å². The third-order valence-corrected chi connectivity index (χ3v) is 2.58. The van der Waals surface area contributed by atoms with Crippen LogP contribution in [0.15, 0.2) is 23.0 Å². The number of hydrogen-bond donors (Lipinski definition) is 2. The second-order valence-electron chi connectivity index (χ2n) is 3.41. The Bertz CT molecular complexity index is 338. The van der Waals surface area contributed by atoms with Crippen LogP contribution < -0.4 is 11.3 Å². The molecule has 1 aromatic rings. The van der Waals surface area contributed by atoms with Gasteiger partial charge in [0.2, 0.25) is 5.56 Å². The molecule has 3 N–H and O–H groups in total. The van der Waals surface area contributed by atoms with Gasteiger partial charge in [0.25, 0.3) is 0 Å². The highest BCUT2D eigenvalue weighted by Crippen LogP contribution is 2.45. The zero-order chi connectivity index (χ0) is 8.60. The van der Waals surface area contributed by atoms with E-state index in [1.165, 1.54) is 6.07 Å². The van der Waals surface area contributed by atoms with Gasteiger partial charge in [0.1, 0.15) is 0 Å². The molecule has 0 bridgehead atoms. The summed E-state index contributed by atoms with van der Waals surface area (Å²) in [6, 6.07) is 5.25. The van der Waals surface area contributed by atoms with Gasteiger partial charge in [-0.3, -0.25) is 4.79 Å². The van der Waals surface area contributed by atoms with Gasteiger partial charge < -0.3 is 10.7 Å². The van der Waals surface area contributed by atoms with Crippen molar-refractivity contribution < 1.29 is 0 Å². The van der Waals surface area contributed by atoms with Gasteiger partial charge in [0.15, 0.2) is 0 Å². The van der Waals surface area contributed by atoms with Crippen LogP contribution >= 0.6 is 0 Å². The van der Waals surface area contributed by atoms with E-state index in [0.29, 0.717) is 6.54 Å². The van der Waals surface area contributed by atoms with Crippen molar-refractivity contribution in [3.05, 3.63) is 34.2 Å². The van der Waals surface area contributed by atoms with E-state index in [9.17, 15) is 4.79 Å². The summed E-state index contributed by atoms with van der Waals surface area (Å²) in [4.78, 5) is 13.8. The zero-order valence-electron chi connectivity index (χ0n) is 6.84. The highest BCUT2D eigenvalue weighted by atomic mass is 16.1. The first-order valence-corrected chi connectivity index (χ1v) is 4.17. The number of pyridine rings is 1. The van der Waals surface area contributed by atoms with Crippen molar-refractivity contribution in [1.29, 1.82) is 0 Å². The third-order valence-electron chi connectivity index (χ3n) is 2.58. The maximum absolute atomic E-state index is 11.0. The molecule has 0 atom stereocenters. The van der Waals surface area contributed by atoms with Gasteiger partial charge in [-0.1, -0.05) is 6.07 Å². The van der Waals surface area contributed by atoms with Crippen LogP contribution in [0.25, 0.3) is 0 Å². The Morgan fingerprint density at radius 2 is 2.25 bits per heavy atom. The van der Waals surface area contributed by atoms with Crippen molar-refractivity contribution in [2.45, 2.75) is 18.3 Å². The SMILES string of the molecule is NCC1(c2cccc(=O)[nH]2)CC1. The maximum atomic E-state index is 11.0. The van der Waals surface area contributed by atoms with Crippen LogP contribution in [-0.4, -0.2) is 11.5 Å². The molecule has 0 unspecified atom stereocenters. The minimum atomic E-state index is -0.0350. The molecule has 1 aromatic heterocycles. The van der Waals surface area contributed by atoms with Crippen LogP contribution in [0.5, 0.6) is 0 Å². The van der Waals surface area contributed by atoms with Gasteiger partial charge in [0, 0.05) is 23.7 Å². The molecular weight excluding hydrogens is 152 g/mol. The van der Waals surface area contributed by atoms with Crippen molar-refractivity contribution in [1.82, 2.24) is 4.98 Å². The normalized spacial score (nSPS) is 19.1. The minimum absolute atomic E-state index is 0.0350. The molecule has 0 amide bonds. The van der Waals surface area contributed by atoms with E-state index >= 15 is 0 Å². The van der Waals surface area contributed by atoms with Crippen LogP contribution in [0.1, 0.15) is 18.5 Å². The fourth-order valence-corrected chi connectivity index (χ4v) is 1.49. The zero-order valence-corrected chi connectivity index (χ0v) is 6.84. The van der Waals surface area contributed by atoms with Gasteiger partial charge in [-0.25, -0.2) is 0 Å². The van der Waals surface area contributed by atoms with Gasteiger partial charge in [-0.15, -0.1) is 0 Å². The quantitative estimate of drug-likeness (QED) is 0.663. The molecular formula is C9H12N2O. The number of nitrogens with two attached hydrogens (primary N) is 1. The van der Waals surface area contributed by atoms with Crippen LogP contribution in [0.2, 0.25) is 0 Å². The Labute approximate surface area is 70.6 Å². The largest absolute Gasteiger partial charge is 0.330 e. The number of rotatable bonds is 2. The lowest BCUT2D eigenvalue weighted by Crippen LogP contribution is -2.23. The lowest BCUT2D eigenvalue weighted by molar-refractivity contribution is 0.675. The number of aromatic amines is 1. The molecule has 1 aliphatic carbocycles. The van der Waals surface area contributed by atoms with Crippen molar-refractivity contribution in [2.75, 3.05) is 6.54 Å².